The molecule has 1 fully saturated rings. The number of rotatable bonds is 6. The zero-order valence-electron chi connectivity index (χ0n) is 11.4. The minimum atomic E-state index is 0.686. The van der Waals surface area contributed by atoms with E-state index in [0.717, 1.165) is 18.4 Å². The van der Waals surface area contributed by atoms with Crippen molar-refractivity contribution in [2.75, 3.05) is 0 Å². The fraction of sp³-hybridized carbons (Fsp3) is 0.625. The molecule has 94 valence electrons. The smallest absolute Gasteiger partial charge is 0.0208 e. The van der Waals surface area contributed by atoms with E-state index in [-0.39, 0.29) is 0 Å². The molecule has 1 aliphatic rings. The lowest BCUT2D eigenvalue weighted by Gasteiger charge is -2.13. The first kappa shape index (κ1) is 12.6. The van der Waals surface area contributed by atoms with Crippen molar-refractivity contribution in [3.8, 4) is 0 Å². The van der Waals surface area contributed by atoms with Gasteiger partial charge in [-0.2, -0.15) is 0 Å². The molecule has 1 nitrogen and oxygen atoms in total. The summed E-state index contributed by atoms with van der Waals surface area (Å²) in [5, 5.41) is 3.62. The summed E-state index contributed by atoms with van der Waals surface area (Å²) >= 11 is 0. The number of benzene rings is 1. The highest BCUT2D eigenvalue weighted by Gasteiger charge is 2.27. The summed E-state index contributed by atoms with van der Waals surface area (Å²) in [4.78, 5) is 0. The van der Waals surface area contributed by atoms with Gasteiger partial charge in [0.15, 0.2) is 0 Å². The zero-order chi connectivity index (χ0) is 12.3. The molecule has 1 heteroatoms. The van der Waals surface area contributed by atoms with Crippen molar-refractivity contribution < 1.29 is 0 Å². The fourth-order valence-corrected chi connectivity index (χ4v) is 2.31. The van der Waals surface area contributed by atoms with Crippen molar-refractivity contribution in [1.29, 1.82) is 0 Å². The molecule has 0 aliphatic heterocycles. The lowest BCUT2D eigenvalue weighted by molar-refractivity contribution is 0.496. The van der Waals surface area contributed by atoms with Gasteiger partial charge < -0.3 is 5.32 Å². The standard InChI is InChI=1S/C16H25N/c1-12(2)10-14-4-6-15(7-5-14)11-17-13(3)16-8-9-16/h4-7,12-13,16-17H,8-11H2,1-3H3. The van der Waals surface area contributed by atoms with Crippen LogP contribution in [0.3, 0.4) is 0 Å². The van der Waals surface area contributed by atoms with Crippen LogP contribution in [-0.4, -0.2) is 6.04 Å². The van der Waals surface area contributed by atoms with Gasteiger partial charge in [0.05, 0.1) is 0 Å². The molecule has 0 spiro atoms. The predicted molar refractivity (Wildman–Crippen MR) is 74.0 cm³/mol. The monoisotopic (exact) mass is 231 g/mol. The Bertz CT molecular complexity index is 335. The Labute approximate surface area is 106 Å². The summed E-state index contributed by atoms with van der Waals surface area (Å²) in [5.74, 6) is 1.68. The molecule has 2 rings (SSSR count). The zero-order valence-corrected chi connectivity index (χ0v) is 11.4. The first-order chi connectivity index (χ1) is 8.15. The van der Waals surface area contributed by atoms with E-state index in [0.29, 0.717) is 6.04 Å². The maximum atomic E-state index is 3.62. The molecule has 1 unspecified atom stereocenters. The van der Waals surface area contributed by atoms with Crippen LogP contribution in [0.25, 0.3) is 0 Å². The molecule has 0 saturated heterocycles. The van der Waals surface area contributed by atoms with Crippen LogP contribution in [0.4, 0.5) is 0 Å². The molecule has 1 atom stereocenters. The molecule has 1 N–H and O–H groups in total. The summed E-state index contributed by atoms with van der Waals surface area (Å²) in [7, 11) is 0. The third-order valence-electron chi connectivity index (χ3n) is 3.62. The highest BCUT2D eigenvalue weighted by atomic mass is 14.9. The largest absolute Gasteiger partial charge is 0.310 e. The van der Waals surface area contributed by atoms with Gasteiger partial charge in [0.1, 0.15) is 0 Å². The van der Waals surface area contributed by atoms with Crippen molar-refractivity contribution in [2.24, 2.45) is 11.8 Å². The quantitative estimate of drug-likeness (QED) is 0.786. The van der Waals surface area contributed by atoms with Crippen molar-refractivity contribution in [1.82, 2.24) is 5.32 Å². The van der Waals surface area contributed by atoms with Crippen LogP contribution in [0, 0.1) is 11.8 Å². The molecule has 0 heterocycles. The summed E-state index contributed by atoms with van der Waals surface area (Å²) in [5.41, 5.74) is 2.86. The molecule has 0 radical (unpaired) electrons. The molecule has 0 amide bonds. The Balaban J connectivity index is 1.80. The van der Waals surface area contributed by atoms with E-state index in [2.05, 4.69) is 50.4 Å². The van der Waals surface area contributed by atoms with E-state index in [9.17, 15) is 0 Å². The van der Waals surface area contributed by atoms with E-state index < -0.39 is 0 Å². The Morgan fingerprint density at radius 3 is 2.18 bits per heavy atom. The summed E-state index contributed by atoms with van der Waals surface area (Å²) in [6.07, 6.45) is 4.02. The second-order valence-corrected chi connectivity index (χ2v) is 5.92. The summed E-state index contributed by atoms with van der Waals surface area (Å²) in [6.45, 7) is 7.87. The van der Waals surface area contributed by atoms with Crippen LogP contribution in [0.1, 0.15) is 44.7 Å². The molecular formula is C16H25N. The molecular weight excluding hydrogens is 206 g/mol. The Morgan fingerprint density at radius 1 is 1.06 bits per heavy atom. The maximum Gasteiger partial charge on any atom is 0.0208 e. The lowest BCUT2D eigenvalue weighted by Crippen LogP contribution is -2.27. The SMILES string of the molecule is CC(C)Cc1ccc(CNC(C)C2CC2)cc1. The average Bonchev–Trinajstić information content (AvgIpc) is 3.11. The first-order valence-corrected chi connectivity index (χ1v) is 6.96. The third-order valence-corrected chi connectivity index (χ3v) is 3.62. The van der Waals surface area contributed by atoms with E-state index in [4.69, 9.17) is 0 Å². The van der Waals surface area contributed by atoms with Gasteiger partial charge in [-0.1, -0.05) is 38.1 Å². The molecule has 1 aliphatic carbocycles. The van der Waals surface area contributed by atoms with Gasteiger partial charge in [-0.15, -0.1) is 0 Å². The Kier molecular flexibility index (Phi) is 4.22. The van der Waals surface area contributed by atoms with Crippen LogP contribution in [0.5, 0.6) is 0 Å². The van der Waals surface area contributed by atoms with Crippen molar-refractivity contribution in [3.05, 3.63) is 35.4 Å². The lowest BCUT2D eigenvalue weighted by atomic mass is 10.0. The van der Waals surface area contributed by atoms with E-state index in [1.165, 1.54) is 30.4 Å². The Hall–Kier alpha value is -0.820. The molecule has 1 aromatic rings. The van der Waals surface area contributed by atoms with Crippen molar-refractivity contribution in [3.63, 3.8) is 0 Å². The third kappa shape index (κ3) is 4.16. The number of hydrogen-bond donors (Lipinski definition) is 1. The summed E-state index contributed by atoms with van der Waals surface area (Å²) < 4.78 is 0. The van der Waals surface area contributed by atoms with Crippen molar-refractivity contribution in [2.45, 2.75) is 52.6 Å². The predicted octanol–water partition coefficient (Wildman–Crippen LogP) is 3.77. The molecule has 1 saturated carbocycles. The van der Waals surface area contributed by atoms with Crippen LogP contribution >= 0.6 is 0 Å². The van der Waals surface area contributed by atoms with Crippen LogP contribution in [-0.2, 0) is 13.0 Å². The van der Waals surface area contributed by atoms with Gasteiger partial charge in [-0.05, 0) is 49.1 Å². The number of nitrogens with one attached hydrogen (secondary N) is 1. The molecule has 1 aromatic carbocycles. The van der Waals surface area contributed by atoms with Gasteiger partial charge in [-0.25, -0.2) is 0 Å². The average molecular weight is 231 g/mol. The second kappa shape index (κ2) is 5.68. The topological polar surface area (TPSA) is 12.0 Å². The number of hydrogen-bond acceptors (Lipinski definition) is 1. The fourth-order valence-electron chi connectivity index (χ4n) is 2.31. The van der Waals surface area contributed by atoms with Crippen LogP contribution in [0.2, 0.25) is 0 Å². The minimum absolute atomic E-state index is 0.686. The molecule has 17 heavy (non-hydrogen) atoms. The second-order valence-electron chi connectivity index (χ2n) is 5.92. The van der Waals surface area contributed by atoms with Gasteiger partial charge in [0.2, 0.25) is 0 Å². The first-order valence-electron chi connectivity index (χ1n) is 6.96. The van der Waals surface area contributed by atoms with Crippen LogP contribution < -0.4 is 5.32 Å². The van der Waals surface area contributed by atoms with E-state index in [1.54, 1.807) is 0 Å². The normalized spacial score (nSPS) is 17.4. The van der Waals surface area contributed by atoms with E-state index in [1.807, 2.05) is 0 Å². The van der Waals surface area contributed by atoms with Crippen LogP contribution in [0.15, 0.2) is 24.3 Å². The van der Waals surface area contributed by atoms with Gasteiger partial charge in [0, 0.05) is 12.6 Å². The summed E-state index contributed by atoms with van der Waals surface area (Å²) in [6, 6.07) is 9.78. The highest BCUT2D eigenvalue weighted by Crippen LogP contribution is 2.32. The van der Waals surface area contributed by atoms with E-state index >= 15 is 0 Å². The van der Waals surface area contributed by atoms with Gasteiger partial charge >= 0.3 is 0 Å². The molecule has 0 aromatic heterocycles. The Morgan fingerprint density at radius 2 is 1.65 bits per heavy atom. The van der Waals surface area contributed by atoms with Gasteiger partial charge in [0.25, 0.3) is 0 Å². The minimum Gasteiger partial charge on any atom is -0.310 e. The maximum absolute atomic E-state index is 3.62. The van der Waals surface area contributed by atoms with Crippen molar-refractivity contribution >= 4 is 0 Å². The van der Waals surface area contributed by atoms with Gasteiger partial charge in [-0.3, -0.25) is 0 Å². The molecule has 0 bridgehead atoms. The highest BCUT2D eigenvalue weighted by molar-refractivity contribution is 5.22.